The van der Waals surface area contributed by atoms with E-state index in [1.165, 1.54) is 4.90 Å². The number of β-amino-alcohol motifs (C(OH)–C–C–N with tert-alkyl or cyclic N) is 1. The Labute approximate surface area is 130 Å². The molecule has 0 aromatic heterocycles. The number of aliphatic carboxylic acids is 1. The highest BCUT2D eigenvalue weighted by molar-refractivity contribution is 9.10. The number of amides is 1. The molecular formula is C14H16BrNO5. The van der Waals surface area contributed by atoms with Gasteiger partial charge in [0.05, 0.1) is 19.1 Å². The summed E-state index contributed by atoms with van der Waals surface area (Å²) in [4.78, 5) is 24.3. The summed E-state index contributed by atoms with van der Waals surface area (Å²) in [6.45, 7) is 0.230. The van der Waals surface area contributed by atoms with E-state index < -0.39 is 18.1 Å². The fraction of sp³-hybridized carbons (Fsp3) is 0.429. The molecule has 0 saturated carbocycles. The Balaban J connectivity index is 1.84. The lowest BCUT2D eigenvalue weighted by Gasteiger charge is -2.21. The van der Waals surface area contributed by atoms with Gasteiger partial charge < -0.3 is 19.8 Å². The third-order valence-corrected chi connectivity index (χ3v) is 3.81. The smallest absolute Gasteiger partial charge is 0.326 e. The highest BCUT2D eigenvalue weighted by Crippen LogP contribution is 2.20. The van der Waals surface area contributed by atoms with Crippen molar-refractivity contribution in [2.75, 3.05) is 13.2 Å². The number of carboxylic acid groups (broad SMARTS) is 1. The van der Waals surface area contributed by atoms with Crippen molar-refractivity contribution in [2.45, 2.75) is 25.0 Å². The maximum absolute atomic E-state index is 12.0. The van der Waals surface area contributed by atoms with Crippen LogP contribution in [0.25, 0.3) is 0 Å². The zero-order chi connectivity index (χ0) is 15.4. The van der Waals surface area contributed by atoms with E-state index in [1.807, 2.05) is 12.1 Å². The van der Waals surface area contributed by atoms with E-state index in [0.717, 1.165) is 4.47 Å². The van der Waals surface area contributed by atoms with Gasteiger partial charge in [-0.2, -0.15) is 0 Å². The van der Waals surface area contributed by atoms with Gasteiger partial charge >= 0.3 is 5.97 Å². The maximum atomic E-state index is 12.0. The Morgan fingerprint density at radius 2 is 2.00 bits per heavy atom. The molecule has 1 aromatic rings. The number of carboxylic acids is 1. The number of ether oxygens (including phenoxy) is 1. The van der Waals surface area contributed by atoms with Gasteiger partial charge in [0.1, 0.15) is 11.8 Å². The predicted molar refractivity (Wildman–Crippen MR) is 78.0 cm³/mol. The third-order valence-electron chi connectivity index (χ3n) is 3.28. The molecule has 1 aromatic carbocycles. The molecule has 0 unspecified atom stereocenters. The van der Waals surface area contributed by atoms with Crippen molar-refractivity contribution in [1.29, 1.82) is 0 Å². The zero-order valence-corrected chi connectivity index (χ0v) is 12.8. The standard InChI is InChI=1S/C14H16BrNO5/c15-9-1-3-11(4-2-9)21-6-5-13(18)16-8-10(17)7-12(16)14(19)20/h1-4,10,12,17H,5-8H2,(H,19,20)/t10-,12-/m1/s1. The van der Waals surface area contributed by atoms with Crippen LogP contribution in [0.1, 0.15) is 12.8 Å². The van der Waals surface area contributed by atoms with Crippen LogP contribution >= 0.6 is 15.9 Å². The van der Waals surface area contributed by atoms with Crippen LogP contribution in [0.2, 0.25) is 0 Å². The maximum Gasteiger partial charge on any atom is 0.326 e. The van der Waals surface area contributed by atoms with Gasteiger partial charge in [0.15, 0.2) is 0 Å². The highest BCUT2D eigenvalue weighted by atomic mass is 79.9. The molecule has 1 aliphatic rings. The summed E-state index contributed by atoms with van der Waals surface area (Å²) < 4.78 is 6.37. The summed E-state index contributed by atoms with van der Waals surface area (Å²) >= 11 is 3.31. The number of rotatable bonds is 5. The first-order valence-corrected chi connectivity index (χ1v) is 7.35. The number of nitrogens with zero attached hydrogens (tertiary/aromatic N) is 1. The molecule has 114 valence electrons. The van der Waals surface area contributed by atoms with Gasteiger partial charge in [-0.3, -0.25) is 4.79 Å². The first-order valence-electron chi connectivity index (χ1n) is 6.56. The molecule has 0 radical (unpaired) electrons. The van der Waals surface area contributed by atoms with Crippen molar-refractivity contribution in [2.24, 2.45) is 0 Å². The van der Waals surface area contributed by atoms with Crippen molar-refractivity contribution >= 4 is 27.8 Å². The van der Waals surface area contributed by atoms with E-state index in [4.69, 9.17) is 9.84 Å². The first-order chi connectivity index (χ1) is 9.97. The third kappa shape index (κ3) is 4.18. The molecule has 2 N–H and O–H groups in total. The highest BCUT2D eigenvalue weighted by Gasteiger charge is 2.38. The van der Waals surface area contributed by atoms with Gasteiger partial charge in [0.2, 0.25) is 5.91 Å². The lowest BCUT2D eigenvalue weighted by atomic mass is 10.2. The van der Waals surface area contributed by atoms with Gasteiger partial charge in [-0.25, -0.2) is 4.79 Å². The average molecular weight is 358 g/mol. The van der Waals surface area contributed by atoms with Crippen LogP contribution in [0.5, 0.6) is 5.75 Å². The van der Waals surface area contributed by atoms with Gasteiger partial charge in [-0.1, -0.05) is 15.9 Å². The van der Waals surface area contributed by atoms with Crippen LogP contribution < -0.4 is 4.74 Å². The molecule has 0 bridgehead atoms. The topological polar surface area (TPSA) is 87.1 Å². The minimum absolute atomic E-state index is 0.0636. The van der Waals surface area contributed by atoms with E-state index >= 15 is 0 Å². The fourth-order valence-electron chi connectivity index (χ4n) is 2.25. The Bertz CT molecular complexity index is 519. The lowest BCUT2D eigenvalue weighted by Crippen LogP contribution is -2.41. The molecule has 2 rings (SSSR count). The molecular weight excluding hydrogens is 342 g/mol. The Morgan fingerprint density at radius 3 is 2.62 bits per heavy atom. The number of halogens is 1. The van der Waals surface area contributed by atoms with Crippen LogP contribution in [-0.4, -0.2) is 52.3 Å². The molecule has 21 heavy (non-hydrogen) atoms. The monoisotopic (exact) mass is 357 g/mol. The summed E-state index contributed by atoms with van der Waals surface area (Å²) in [5.74, 6) is -0.771. The molecule has 1 amide bonds. The molecule has 1 aliphatic heterocycles. The molecule has 0 spiro atoms. The summed E-state index contributed by atoms with van der Waals surface area (Å²) in [6, 6.07) is 6.26. The largest absolute Gasteiger partial charge is 0.493 e. The van der Waals surface area contributed by atoms with Crippen LogP contribution in [0.15, 0.2) is 28.7 Å². The minimum Gasteiger partial charge on any atom is -0.493 e. The summed E-state index contributed by atoms with van der Waals surface area (Å²) in [6.07, 6.45) is -0.622. The van der Waals surface area contributed by atoms with Gasteiger partial charge in [0.25, 0.3) is 0 Å². The van der Waals surface area contributed by atoms with E-state index in [0.29, 0.717) is 5.75 Å². The van der Waals surface area contributed by atoms with Crippen molar-refractivity contribution in [1.82, 2.24) is 4.90 Å². The number of aliphatic hydroxyl groups is 1. The number of hydrogen-bond donors (Lipinski definition) is 2. The van der Waals surface area contributed by atoms with Crippen LogP contribution in [0.3, 0.4) is 0 Å². The molecule has 1 heterocycles. The number of carbonyl (C=O) groups excluding carboxylic acids is 1. The number of likely N-dealkylation sites (tertiary alicyclic amines) is 1. The second-order valence-electron chi connectivity index (χ2n) is 4.84. The molecule has 2 atom stereocenters. The SMILES string of the molecule is O=C(O)[C@H]1C[C@@H](O)CN1C(=O)CCOc1ccc(Br)cc1. The minimum atomic E-state index is -1.09. The predicted octanol–water partition coefficient (Wildman–Crippen LogP) is 1.26. The van der Waals surface area contributed by atoms with Crippen LogP contribution in [0.4, 0.5) is 0 Å². The number of hydrogen-bond acceptors (Lipinski definition) is 4. The van der Waals surface area contributed by atoms with Gasteiger partial charge in [0, 0.05) is 17.4 Å². The molecule has 0 aliphatic carbocycles. The van der Waals surface area contributed by atoms with Crippen molar-refractivity contribution in [3.63, 3.8) is 0 Å². The van der Waals surface area contributed by atoms with Crippen molar-refractivity contribution < 1.29 is 24.5 Å². The van der Waals surface area contributed by atoms with E-state index in [9.17, 15) is 14.7 Å². The van der Waals surface area contributed by atoms with Crippen LogP contribution in [-0.2, 0) is 9.59 Å². The second-order valence-corrected chi connectivity index (χ2v) is 5.76. The fourth-order valence-corrected chi connectivity index (χ4v) is 2.52. The first kappa shape index (κ1) is 15.8. The van der Waals surface area contributed by atoms with E-state index in [1.54, 1.807) is 12.1 Å². The Hall–Kier alpha value is -1.60. The van der Waals surface area contributed by atoms with E-state index in [-0.39, 0.29) is 31.9 Å². The summed E-state index contributed by atoms with van der Waals surface area (Å²) in [5.41, 5.74) is 0. The average Bonchev–Trinajstić information content (AvgIpc) is 2.83. The normalized spacial score (nSPS) is 21.3. The number of aliphatic hydroxyl groups excluding tert-OH is 1. The molecule has 7 heteroatoms. The van der Waals surface area contributed by atoms with Crippen molar-refractivity contribution in [3.05, 3.63) is 28.7 Å². The summed E-state index contributed by atoms with van der Waals surface area (Å²) in [5, 5.41) is 18.5. The lowest BCUT2D eigenvalue weighted by molar-refractivity contribution is -0.148. The molecule has 6 nitrogen and oxygen atoms in total. The van der Waals surface area contributed by atoms with E-state index in [2.05, 4.69) is 15.9 Å². The summed E-state index contributed by atoms with van der Waals surface area (Å²) in [7, 11) is 0. The van der Waals surface area contributed by atoms with Crippen molar-refractivity contribution in [3.8, 4) is 5.75 Å². The number of carbonyl (C=O) groups is 2. The number of benzene rings is 1. The molecule has 1 fully saturated rings. The Morgan fingerprint density at radius 1 is 1.33 bits per heavy atom. The molecule has 1 saturated heterocycles. The second kappa shape index (κ2) is 6.91. The Kier molecular flexibility index (Phi) is 5.19. The zero-order valence-electron chi connectivity index (χ0n) is 11.2. The van der Waals surface area contributed by atoms with Gasteiger partial charge in [-0.05, 0) is 24.3 Å². The quantitative estimate of drug-likeness (QED) is 0.828. The van der Waals surface area contributed by atoms with Gasteiger partial charge in [-0.15, -0.1) is 0 Å². The van der Waals surface area contributed by atoms with Crippen LogP contribution in [0, 0.1) is 0 Å².